The molecule has 3 saturated carbocycles. The van der Waals surface area contributed by atoms with Crippen LogP contribution in [-0.4, -0.2) is 0 Å². The van der Waals surface area contributed by atoms with Crippen LogP contribution in [0.3, 0.4) is 0 Å². The van der Waals surface area contributed by atoms with E-state index in [0.29, 0.717) is 0 Å². The number of allylic oxidation sites excluding steroid dienone is 4. The highest BCUT2D eigenvalue weighted by Gasteiger charge is 2.32. The Kier molecular flexibility index (Phi) is 9.32. The quantitative estimate of drug-likeness (QED) is 0.415. The molecule has 3 fully saturated rings. The van der Waals surface area contributed by atoms with Crippen LogP contribution in [0.5, 0.6) is 0 Å². The van der Waals surface area contributed by atoms with E-state index in [0.717, 1.165) is 54.4 Å². The maximum atomic E-state index is 13.8. The van der Waals surface area contributed by atoms with Crippen molar-refractivity contribution in [3.8, 4) is 0 Å². The molecular formula is C28H47F. The molecule has 0 saturated heterocycles. The summed E-state index contributed by atoms with van der Waals surface area (Å²) < 4.78 is 13.8. The third-order valence-corrected chi connectivity index (χ3v) is 8.77. The van der Waals surface area contributed by atoms with Crippen molar-refractivity contribution in [3.63, 3.8) is 0 Å². The first-order chi connectivity index (χ1) is 14.2. The highest BCUT2D eigenvalue weighted by atomic mass is 19.1. The van der Waals surface area contributed by atoms with Crippen LogP contribution >= 0.6 is 0 Å². The van der Waals surface area contributed by atoms with E-state index in [9.17, 15) is 4.39 Å². The van der Waals surface area contributed by atoms with Gasteiger partial charge in [-0.05, 0) is 106 Å². The monoisotopic (exact) mass is 402 g/mol. The van der Waals surface area contributed by atoms with Gasteiger partial charge in [0.05, 0.1) is 0 Å². The molecule has 0 amide bonds. The minimum Gasteiger partial charge on any atom is -0.207 e. The molecule has 0 aromatic heterocycles. The number of hydrogen-bond acceptors (Lipinski definition) is 0. The van der Waals surface area contributed by atoms with Crippen LogP contribution in [0.25, 0.3) is 0 Å². The van der Waals surface area contributed by atoms with Crippen molar-refractivity contribution >= 4 is 0 Å². The van der Waals surface area contributed by atoms with Gasteiger partial charge in [0.25, 0.3) is 0 Å². The van der Waals surface area contributed by atoms with E-state index in [1.807, 2.05) is 26.8 Å². The van der Waals surface area contributed by atoms with E-state index in [1.165, 1.54) is 82.6 Å². The highest BCUT2D eigenvalue weighted by Crippen LogP contribution is 2.45. The molecule has 0 bridgehead atoms. The van der Waals surface area contributed by atoms with E-state index in [2.05, 4.69) is 0 Å². The maximum Gasteiger partial charge on any atom is 0.122 e. The summed E-state index contributed by atoms with van der Waals surface area (Å²) in [4.78, 5) is 0. The molecule has 0 aromatic rings. The lowest BCUT2D eigenvalue weighted by Crippen LogP contribution is -2.27. The van der Waals surface area contributed by atoms with Gasteiger partial charge in [0, 0.05) is 0 Å². The standard InChI is InChI=1S/C26H41F.C2H6/c1-19-5-6-23(18-26(19)27)8-7-20-9-13-24(14-10-20)25-15-11-22(12-16-25)17-21-3-2-4-21;1-2/h18,20-22,24-25H,2-17H2,1H3;1-2H3. The van der Waals surface area contributed by atoms with Gasteiger partial charge in [-0.3, -0.25) is 0 Å². The molecule has 29 heavy (non-hydrogen) atoms. The van der Waals surface area contributed by atoms with E-state index >= 15 is 0 Å². The van der Waals surface area contributed by atoms with Crippen LogP contribution in [0.15, 0.2) is 23.0 Å². The molecule has 0 aliphatic heterocycles. The summed E-state index contributed by atoms with van der Waals surface area (Å²) >= 11 is 0. The van der Waals surface area contributed by atoms with Gasteiger partial charge in [0.2, 0.25) is 0 Å². The average Bonchev–Trinajstić information content (AvgIpc) is 2.74. The average molecular weight is 403 g/mol. The first-order valence-corrected chi connectivity index (χ1v) is 13.2. The van der Waals surface area contributed by atoms with Crippen molar-refractivity contribution in [3.05, 3.63) is 23.0 Å². The fourth-order valence-corrected chi connectivity index (χ4v) is 6.47. The summed E-state index contributed by atoms with van der Waals surface area (Å²) in [6.07, 6.45) is 24.4. The Hall–Kier alpha value is -0.590. The summed E-state index contributed by atoms with van der Waals surface area (Å²) in [5.41, 5.74) is 2.31. The predicted molar refractivity (Wildman–Crippen MR) is 125 cm³/mol. The summed E-state index contributed by atoms with van der Waals surface area (Å²) in [6.45, 7) is 5.94. The van der Waals surface area contributed by atoms with Gasteiger partial charge in [0.15, 0.2) is 0 Å². The van der Waals surface area contributed by atoms with Crippen LogP contribution in [-0.2, 0) is 0 Å². The summed E-state index contributed by atoms with van der Waals surface area (Å²) in [7, 11) is 0. The Morgan fingerprint density at radius 3 is 1.83 bits per heavy atom. The SMILES string of the molecule is CC.CC1=C(F)C=C(CCC2CCC(C3CCC(CC4CCC4)CC3)CC2)CC1. The largest absolute Gasteiger partial charge is 0.207 e. The lowest BCUT2D eigenvalue weighted by atomic mass is 9.66. The minimum atomic E-state index is 0.0490. The third-order valence-electron chi connectivity index (χ3n) is 8.77. The summed E-state index contributed by atoms with van der Waals surface area (Å²) in [5.74, 6) is 5.22. The van der Waals surface area contributed by atoms with Crippen LogP contribution in [0.2, 0.25) is 0 Å². The molecule has 0 N–H and O–H groups in total. The van der Waals surface area contributed by atoms with Crippen molar-refractivity contribution in [1.82, 2.24) is 0 Å². The van der Waals surface area contributed by atoms with Crippen LogP contribution in [0.4, 0.5) is 4.39 Å². The molecule has 0 heterocycles. The molecule has 1 heteroatoms. The minimum absolute atomic E-state index is 0.0490. The van der Waals surface area contributed by atoms with Gasteiger partial charge in [-0.25, -0.2) is 4.39 Å². The zero-order chi connectivity index (χ0) is 20.6. The third kappa shape index (κ3) is 6.70. The number of rotatable bonds is 6. The Morgan fingerprint density at radius 1 is 0.759 bits per heavy atom. The highest BCUT2D eigenvalue weighted by molar-refractivity contribution is 5.27. The van der Waals surface area contributed by atoms with Gasteiger partial charge in [-0.2, -0.15) is 0 Å². The second kappa shape index (κ2) is 11.7. The Balaban J connectivity index is 0.00000117. The zero-order valence-electron chi connectivity index (χ0n) is 19.7. The zero-order valence-corrected chi connectivity index (χ0v) is 19.7. The van der Waals surface area contributed by atoms with Gasteiger partial charge in [-0.1, -0.05) is 64.4 Å². The second-order valence-corrected chi connectivity index (χ2v) is 10.6. The number of halogens is 1. The fraction of sp³-hybridized carbons (Fsp3) is 0.857. The first-order valence-electron chi connectivity index (χ1n) is 13.2. The lowest BCUT2D eigenvalue weighted by molar-refractivity contribution is 0.126. The molecule has 166 valence electrons. The van der Waals surface area contributed by atoms with Gasteiger partial charge in [-0.15, -0.1) is 0 Å². The smallest absolute Gasteiger partial charge is 0.122 e. The van der Waals surface area contributed by atoms with E-state index in [1.54, 1.807) is 6.42 Å². The van der Waals surface area contributed by atoms with Crippen molar-refractivity contribution in [2.75, 3.05) is 0 Å². The molecule has 0 atom stereocenters. The van der Waals surface area contributed by atoms with Crippen molar-refractivity contribution in [2.24, 2.45) is 29.6 Å². The van der Waals surface area contributed by atoms with Crippen LogP contribution in [0.1, 0.15) is 124 Å². The van der Waals surface area contributed by atoms with Gasteiger partial charge in [0.1, 0.15) is 5.83 Å². The number of hydrogen-bond donors (Lipinski definition) is 0. The van der Waals surface area contributed by atoms with Gasteiger partial charge < -0.3 is 0 Å². The predicted octanol–water partition coefficient (Wildman–Crippen LogP) is 9.56. The second-order valence-electron chi connectivity index (χ2n) is 10.6. The summed E-state index contributed by atoms with van der Waals surface area (Å²) in [5, 5.41) is 0. The molecule has 0 nitrogen and oxygen atoms in total. The Bertz CT molecular complexity index is 537. The molecule has 0 aromatic carbocycles. The molecular weight excluding hydrogens is 355 g/mol. The molecule has 4 aliphatic carbocycles. The van der Waals surface area contributed by atoms with E-state index < -0.39 is 0 Å². The van der Waals surface area contributed by atoms with E-state index in [4.69, 9.17) is 0 Å². The fourth-order valence-electron chi connectivity index (χ4n) is 6.47. The molecule has 4 rings (SSSR count). The molecule has 0 radical (unpaired) electrons. The molecule has 0 spiro atoms. The molecule has 4 aliphatic rings. The van der Waals surface area contributed by atoms with Crippen LogP contribution in [0, 0.1) is 29.6 Å². The van der Waals surface area contributed by atoms with Crippen LogP contribution < -0.4 is 0 Å². The maximum absolute atomic E-state index is 13.8. The van der Waals surface area contributed by atoms with Crippen molar-refractivity contribution < 1.29 is 4.39 Å². The van der Waals surface area contributed by atoms with Gasteiger partial charge >= 0.3 is 0 Å². The lowest BCUT2D eigenvalue weighted by Gasteiger charge is -2.39. The molecule has 0 unspecified atom stereocenters. The normalized spacial score (nSPS) is 33.4. The summed E-state index contributed by atoms with van der Waals surface area (Å²) in [6, 6.07) is 0. The van der Waals surface area contributed by atoms with Crippen molar-refractivity contribution in [1.29, 1.82) is 0 Å². The Morgan fingerprint density at radius 2 is 1.31 bits per heavy atom. The van der Waals surface area contributed by atoms with E-state index in [-0.39, 0.29) is 5.83 Å². The Labute approximate surface area is 180 Å². The van der Waals surface area contributed by atoms with Crippen molar-refractivity contribution in [2.45, 2.75) is 124 Å². The first kappa shape index (κ1) is 23.1. The topological polar surface area (TPSA) is 0 Å².